The third-order valence-corrected chi connectivity index (χ3v) is 8.17. The zero-order valence-electron chi connectivity index (χ0n) is 23.0. The molecular formula is C28H40N4O6. The van der Waals surface area contributed by atoms with Gasteiger partial charge in [-0.2, -0.15) is 0 Å². The molecule has 0 spiro atoms. The number of nitrogens with zero attached hydrogens (tertiary/aromatic N) is 2. The molecule has 3 amide bonds. The predicted molar refractivity (Wildman–Crippen MR) is 142 cm³/mol. The molecule has 0 bridgehead atoms. The van der Waals surface area contributed by atoms with E-state index < -0.39 is 23.3 Å². The summed E-state index contributed by atoms with van der Waals surface area (Å²) >= 11 is 0. The van der Waals surface area contributed by atoms with E-state index in [0.29, 0.717) is 38.7 Å². The standard InChI is InChI=1S/C28H40N4O6/c1-6-28(7-2)16-23(33)32(25(31-28)30-26(35)36)21(12-13-37-5)18-14-19(18)24(34)29-20-15-27(3,4)38-22-11-9-8-10-17(20)22/h8-11,18-21H,6-7,12-16H2,1-5H3,(H,29,34)(H,30,31)(H,35,36)/t18-,19-,20+,21-/m1/s1. The van der Waals surface area contributed by atoms with Crippen molar-refractivity contribution in [2.45, 2.75) is 89.4 Å². The second kappa shape index (κ2) is 10.9. The number of rotatable bonds is 9. The Labute approximate surface area is 224 Å². The lowest BCUT2D eigenvalue weighted by Gasteiger charge is -2.41. The van der Waals surface area contributed by atoms with Crippen LogP contribution in [-0.4, -0.2) is 64.8 Å². The van der Waals surface area contributed by atoms with Crippen LogP contribution < -0.4 is 15.4 Å². The van der Waals surface area contributed by atoms with Crippen molar-refractivity contribution in [1.29, 1.82) is 0 Å². The van der Waals surface area contributed by atoms with E-state index in [1.54, 1.807) is 7.11 Å². The fourth-order valence-corrected chi connectivity index (χ4v) is 5.91. The highest BCUT2D eigenvalue weighted by molar-refractivity contribution is 6.05. The van der Waals surface area contributed by atoms with Crippen molar-refractivity contribution < 1.29 is 29.0 Å². The summed E-state index contributed by atoms with van der Waals surface area (Å²) < 4.78 is 11.4. The number of methoxy groups -OCH3 is 1. The van der Waals surface area contributed by atoms with Gasteiger partial charge in [0.05, 0.1) is 18.0 Å². The lowest BCUT2D eigenvalue weighted by Crippen LogP contribution is -2.58. The molecule has 0 aromatic heterocycles. The van der Waals surface area contributed by atoms with Crippen LogP contribution in [0.3, 0.4) is 0 Å². The van der Waals surface area contributed by atoms with Crippen molar-refractivity contribution in [1.82, 2.24) is 15.5 Å². The Bertz CT molecular complexity index is 1100. The number of hydrogen-bond donors (Lipinski definition) is 3. The summed E-state index contributed by atoms with van der Waals surface area (Å²) in [5.74, 6) is 0.144. The molecule has 3 aliphatic rings. The highest BCUT2D eigenvalue weighted by Gasteiger charge is 2.53. The molecule has 0 unspecified atom stereocenters. The lowest BCUT2D eigenvalue weighted by molar-refractivity contribution is -0.133. The zero-order chi connectivity index (χ0) is 27.7. The SMILES string of the molecule is CCC1(CC)CC(=O)N([C@H](CCOC)[C@@H]2C[C@H]2C(=O)N[C@H]2CC(C)(C)Oc3ccccc32)C(NC(=O)O)=N1. The topological polar surface area (TPSA) is 130 Å². The normalized spacial score (nSPS) is 25.9. The Hall–Kier alpha value is -3.14. The second-order valence-electron chi connectivity index (χ2n) is 11.3. The van der Waals surface area contributed by atoms with Crippen LogP contribution in [0.5, 0.6) is 5.75 Å². The number of carbonyl (C=O) groups excluding carboxylic acids is 2. The minimum Gasteiger partial charge on any atom is -0.487 e. The third-order valence-electron chi connectivity index (χ3n) is 8.17. The Morgan fingerprint density at radius 3 is 2.63 bits per heavy atom. The fourth-order valence-electron chi connectivity index (χ4n) is 5.91. The number of carboxylic acid groups (broad SMARTS) is 1. The van der Waals surface area contributed by atoms with Crippen molar-refractivity contribution in [3.63, 3.8) is 0 Å². The smallest absolute Gasteiger partial charge is 0.411 e. The Kier molecular flexibility index (Phi) is 8.01. The summed E-state index contributed by atoms with van der Waals surface area (Å²) in [6.45, 7) is 8.29. The van der Waals surface area contributed by atoms with Crippen LogP contribution in [0.2, 0.25) is 0 Å². The van der Waals surface area contributed by atoms with Gasteiger partial charge in [0, 0.05) is 37.7 Å². The van der Waals surface area contributed by atoms with Gasteiger partial charge in [-0.3, -0.25) is 19.8 Å². The quantitative estimate of drug-likeness (QED) is 0.446. The van der Waals surface area contributed by atoms with Gasteiger partial charge >= 0.3 is 6.09 Å². The van der Waals surface area contributed by atoms with E-state index in [2.05, 4.69) is 10.6 Å². The average molecular weight is 529 g/mol. The van der Waals surface area contributed by atoms with Gasteiger partial charge in [0.15, 0.2) is 0 Å². The Morgan fingerprint density at radius 2 is 1.97 bits per heavy atom. The van der Waals surface area contributed by atoms with Crippen molar-refractivity contribution in [3.05, 3.63) is 29.8 Å². The van der Waals surface area contributed by atoms with E-state index in [-0.39, 0.29) is 42.1 Å². The predicted octanol–water partition coefficient (Wildman–Crippen LogP) is 3.86. The highest BCUT2D eigenvalue weighted by Crippen LogP contribution is 2.47. The summed E-state index contributed by atoms with van der Waals surface area (Å²) in [4.78, 5) is 44.9. The van der Waals surface area contributed by atoms with E-state index in [1.165, 1.54) is 4.90 Å². The Morgan fingerprint density at radius 1 is 1.26 bits per heavy atom. The van der Waals surface area contributed by atoms with E-state index in [0.717, 1.165) is 11.3 Å². The van der Waals surface area contributed by atoms with Crippen molar-refractivity contribution in [2.75, 3.05) is 13.7 Å². The van der Waals surface area contributed by atoms with Crippen LogP contribution in [0.4, 0.5) is 4.79 Å². The van der Waals surface area contributed by atoms with Crippen molar-refractivity contribution >= 4 is 23.9 Å². The summed E-state index contributed by atoms with van der Waals surface area (Å²) in [6.07, 6.45) is 1.87. The molecule has 1 aromatic rings. The molecular weight excluding hydrogens is 488 g/mol. The van der Waals surface area contributed by atoms with E-state index in [1.807, 2.05) is 52.0 Å². The molecule has 2 heterocycles. The van der Waals surface area contributed by atoms with Crippen LogP contribution in [-0.2, 0) is 14.3 Å². The molecule has 0 radical (unpaired) electrons. The largest absolute Gasteiger partial charge is 0.487 e. The van der Waals surface area contributed by atoms with Gasteiger partial charge in [0.1, 0.15) is 11.4 Å². The average Bonchev–Trinajstić information content (AvgIpc) is 3.65. The summed E-state index contributed by atoms with van der Waals surface area (Å²) in [5, 5.41) is 15.1. The van der Waals surface area contributed by atoms with Crippen LogP contribution in [0.15, 0.2) is 29.3 Å². The first kappa shape index (κ1) is 27.9. The molecule has 4 atom stereocenters. The molecule has 1 aromatic carbocycles. The minimum absolute atomic E-state index is 0.0460. The molecule has 4 rings (SSSR count). The van der Waals surface area contributed by atoms with Crippen molar-refractivity contribution in [3.8, 4) is 5.75 Å². The summed E-state index contributed by atoms with van der Waals surface area (Å²) in [6, 6.07) is 7.16. The third kappa shape index (κ3) is 5.80. The summed E-state index contributed by atoms with van der Waals surface area (Å²) in [7, 11) is 1.58. The monoisotopic (exact) mass is 528 g/mol. The number of fused-ring (bicyclic) bond motifs is 1. The molecule has 208 valence electrons. The second-order valence-corrected chi connectivity index (χ2v) is 11.3. The van der Waals surface area contributed by atoms with Gasteiger partial charge in [-0.15, -0.1) is 0 Å². The highest BCUT2D eigenvalue weighted by atomic mass is 16.5. The van der Waals surface area contributed by atoms with Crippen molar-refractivity contribution in [2.24, 2.45) is 16.8 Å². The number of guanidine groups is 1. The number of amides is 3. The molecule has 10 nitrogen and oxygen atoms in total. The van der Waals surface area contributed by atoms with Gasteiger partial charge in [-0.1, -0.05) is 32.0 Å². The number of benzene rings is 1. The lowest BCUT2D eigenvalue weighted by atomic mass is 9.87. The van der Waals surface area contributed by atoms with Crippen LogP contribution >= 0.6 is 0 Å². The van der Waals surface area contributed by atoms with Crippen LogP contribution in [0.1, 0.15) is 77.8 Å². The fraction of sp³-hybridized carbons (Fsp3) is 0.643. The Balaban J connectivity index is 1.56. The number of nitrogens with one attached hydrogen (secondary N) is 2. The number of para-hydroxylation sites is 1. The van der Waals surface area contributed by atoms with Gasteiger partial charge < -0.3 is 19.9 Å². The molecule has 38 heavy (non-hydrogen) atoms. The molecule has 0 saturated heterocycles. The molecule has 2 aliphatic heterocycles. The van der Waals surface area contributed by atoms with E-state index in [4.69, 9.17) is 14.5 Å². The first-order chi connectivity index (χ1) is 18.0. The van der Waals surface area contributed by atoms with E-state index in [9.17, 15) is 19.5 Å². The summed E-state index contributed by atoms with van der Waals surface area (Å²) in [5.41, 5.74) is -0.106. The zero-order valence-corrected chi connectivity index (χ0v) is 23.0. The maximum atomic E-state index is 13.5. The van der Waals surface area contributed by atoms with Gasteiger partial charge in [-0.05, 0) is 51.5 Å². The maximum Gasteiger partial charge on any atom is 0.411 e. The van der Waals surface area contributed by atoms with E-state index >= 15 is 0 Å². The molecule has 1 aliphatic carbocycles. The first-order valence-corrected chi connectivity index (χ1v) is 13.5. The number of hydrogen-bond acceptors (Lipinski definition) is 6. The first-order valence-electron chi connectivity index (χ1n) is 13.5. The number of carbonyl (C=O) groups is 3. The molecule has 3 N–H and O–H groups in total. The van der Waals surface area contributed by atoms with Crippen LogP contribution in [0.25, 0.3) is 0 Å². The molecule has 1 fully saturated rings. The van der Waals surface area contributed by atoms with Crippen LogP contribution in [0, 0.1) is 11.8 Å². The molecule has 1 saturated carbocycles. The van der Waals surface area contributed by atoms with Gasteiger partial charge in [0.25, 0.3) is 0 Å². The van der Waals surface area contributed by atoms with Gasteiger partial charge in [-0.25, -0.2) is 9.79 Å². The van der Waals surface area contributed by atoms with Gasteiger partial charge in [0.2, 0.25) is 17.8 Å². The number of ether oxygens (including phenoxy) is 2. The minimum atomic E-state index is -1.28. The molecule has 10 heteroatoms. The number of aliphatic imine (C=N–C) groups is 1. The maximum absolute atomic E-state index is 13.5.